The van der Waals surface area contributed by atoms with Crippen molar-refractivity contribution in [1.29, 1.82) is 0 Å². The molecule has 9 heteroatoms. The number of aromatic nitrogens is 3. The van der Waals surface area contributed by atoms with E-state index in [1.54, 1.807) is 0 Å². The van der Waals surface area contributed by atoms with Gasteiger partial charge in [0.1, 0.15) is 6.10 Å². The van der Waals surface area contributed by atoms with Crippen molar-refractivity contribution < 1.29 is 19.0 Å². The Morgan fingerprint density at radius 3 is 3.16 bits per heavy atom. The highest BCUT2D eigenvalue weighted by Gasteiger charge is 2.21. The zero-order valence-corrected chi connectivity index (χ0v) is 14.3. The van der Waals surface area contributed by atoms with Gasteiger partial charge in [0, 0.05) is 13.2 Å². The van der Waals surface area contributed by atoms with E-state index in [1.165, 1.54) is 11.8 Å². The maximum atomic E-state index is 12.0. The summed E-state index contributed by atoms with van der Waals surface area (Å²) in [5.74, 6) is 2.36. The summed E-state index contributed by atoms with van der Waals surface area (Å²) < 4.78 is 16.1. The zero-order chi connectivity index (χ0) is 17.1. The SMILES string of the molecule is O=C(CSc1n[nH]c([C@H]2CCCO2)n1)NCc1ccc2c(c1)OCO2. The molecule has 25 heavy (non-hydrogen) atoms. The number of nitrogens with zero attached hydrogens (tertiary/aromatic N) is 2. The minimum atomic E-state index is -0.0777. The van der Waals surface area contributed by atoms with Crippen LogP contribution in [0.2, 0.25) is 0 Å². The number of ether oxygens (including phenoxy) is 3. The van der Waals surface area contributed by atoms with Crippen molar-refractivity contribution in [3.63, 3.8) is 0 Å². The Hall–Kier alpha value is -2.26. The van der Waals surface area contributed by atoms with Gasteiger partial charge >= 0.3 is 0 Å². The molecule has 132 valence electrons. The van der Waals surface area contributed by atoms with Gasteiger partial charge in [0.2, 0.25) is 17.9 Å². The molecule has 2 aliphatic heterocycles. The summed E-state index contributed by atoms with van der Waals surface area (Å²) in [6, 6.07) is 5.63. The summed E-state index contributed by atoms with van der Waals surface area (Å²) in [6.07, 6.45) is 1.99. The van der Waals surface area contributed by atoms with Crippen molar-refractivity contribution >= 4 is 17.7 Å². The van der Waals surface area contributed by atoms with Gasteiger partial charge < -0.3 is 19.5 Å². The smallest absolute Gasteiger partial charge is 0.231 e. The van der Waals surface area contributed by atoms with Crippen molar-refractivity contribution in [2.75, 3.05) is 19.2 Å². The van der Waals surface area contributed by atoms with E-state index in [-0.39, 0.29) is 24.6 Å². The fourth-order valence-electron chi connectivity index (χ4n) is 2.69. The van der Waals surface area contributed by atoms with Gasteiger partial charge in [0.05, 0.1) is 5.75 Å². The fourth-order valence-corrected chi connectivity index (χ4v) is 3.33. The standard InChI is InChI=1S/C16H18N4O4S/c21-14(17-7-10-3-4-11-13(6-10)24-9-23-11)8-25-16-18-15(19-20-16)12-2-1-5-22-12/h3-4,6,12H,1-2,5,7-9H2,(H,17,21)(H,18,19,20)/t12-/m1/s1. The molecule has 2 aliphatic rings. The molecule has 1 aromatic heterocycles. The van der Waals surface area contributed by atoms with Crippen LogP contribution < -0.4 is 14.8 Å². The molecule has 1 amide bonds. The van der Waals surface area contributed by atoms with Crippen LogP contribution in [0.3, 0.4) is 0 Å². The number of thioether (sulfide) groups is 1. The predicted octanol–water partition coefficient (Wildman–Crippen LogP) is 1.79. The molecule has 0 aliphatic carbocycles. The van der Waals surface area contributed by atoms with Gasteiger partial charge in [-0.25, -0.2) is 4.98 Å². The number of hydrogen-bond acceptors (Lipinski definition) is 7. The maximum absolute atomic E-state index is 12.0. The summed E-state index contributed by atoms with van der Waals surface area (Å²) in [7, 11) is 0. The third-order valence-corrected chi connectivity index (χ3v) is 4.82. The average molecular weight is 362 g/mol. The largest absolute Gasteiger partial charge is 0.454 e. The normalized spacial score (nSPS) is 18.5. The molecule has 0 unspecified atom stereocenters. The van der Waals surface area contributed by atoms with Gasteiger partial charge in [0.25, 0.3) is 0 Å². The minimum Gasteiger partial charge on any atom is -0.454 e. The summed E-state index contributed by atoms with van der Waals surface area (Å²) in [5, 5.41) is 10.5. The molecule has 2 aromatic rings. The van der Waals surface area contributed by atoms with Crippen LogP contribution in [-0.4, -0.2) is 40.2 Å². The maximum Gasteiger partial charge on any atom is 0.231 e. The first-order chi connectivity index (χ1) is 12.3. The first kappa shape index (κ1) is 16.2. The van der Waals surface area contributed by atoms with Gasteiger partial charge in [-0.2, -0.15) is 0 Å². The Bertz CT molecular complexity index is 760. The Labute approximate surface area is 148 Å². The topological polar surface area (TPSA) is 98.4 Å². The quantitative estimate of drug-likeness (QED) is 0.756. The molecule has 0 saturated carbocycles. The van der Waals surface area contributed by atoms with Crippen LogP contribution in [0.5, 0.6) is 11.5 Å². The van der Waals surface area contributed by atoms with Gasteiger partial charge in [-0.1, -0.05) is 17.8 Å². The molecule has 0 bridgehead atoms. The van der Waals surface area contributed by atoms with Crippen LogP contribution in [-0.2, 0) is 16.1 Å². The molecule has 1 aromatic carbocycles. The van der Waals surface area contributed by atoms with Crippen LogP contribution in [0.4, 0.5) is 0 Å². The number of benzene rings is 1. The number of H-pyrrole nitrogens is 1. The number of carbonyl (C=O) groups excluding carboxylic acids is 1. The number of amides is 1. The summed E-state index contributed by atoms with van der Waals surface area (Å²) in [6.45, 7) is 1.44. The highest BCUT2D eigenvalue weighted by atomic mass is 32.2. The Morgan fingerprint density at radius 1 is 1.36 bits per heavy atom. The highest BCUT2D eigenvalue weighted by Crippen LogP contribution is 2.32. The van der Waals surface area contributed by atoms with Crippen LogP contribution in [0, 0.1) is 0 Å². The summed E-state index contributed by atoms with van der Waals surface area (Å²) in [5.41, 5.74) is 0.959. The third-order valence-electron chi connectivity index (χ3n) is 3.98. The third kappa shape index (κ3) is 3.88. The second-order valence-electron chi connectivity index (χ2n) is 5.76. The molecular formula is C16H18N4O4S. The lowest BCUT2D eigenvalue weighted by atomic mass is 10.2. The highest BCUT2D eigenvalue weighted by molar-refractivity contribution is 7.99. The summed E-state index contributed by atoms with van der Waals surface area (Å²) >= 11 is 1.30. The molecule has 1 atom stereocenters. The minimum absolute atomic E-state index is 0.00156. The number of rotatable bonds is 6. The van der Waals surface area contributed by atoms with E-state index < -0.39 is 0 Å². The number of aromatic amines is 1. The van der Waals surface area contributed by atoms with E-state index >= 15 is 0 Å². The van der Waals surface area contributed by atoms with Gasteiger partial charge in [0.15, 0.2) is 17.3 Å². The second-order valence-corrected chi connectivity index (χ2v) is 6.70. The van der Waals surface area contributed by atoms with E-state index in [1.807, 2.05) is 18.2 Å². The zero-order valence-electron chi connectivity index (χ0n) is 13.5. The van der Waals surface area contributed by atoms with Crippen molar-refractivity contribution in [2.24, 2.45) is 0 Å². The van der Waals surface area contributed by atoms with Crippen molar-refractivity contribution in [1.82, 2.24) is 20.5 Å². The lowest BCUT2D eigenvalue weighted by molar-refractivity contribution is -0.118. The van der Waals surface area contributed by atoms with Gasteiger partial charge in [-0.05, 0) is 30.5 Å². The summed E-state index contributed by atoms with van der Waals surface area (Å²) in [4.78, 5) is 16.4. The molecule has 2 N–H and O–H groups in total. The molecular weight excluding hydrogens is 344 g/mol. The van der Waals surface area contributed by atoms with E-state index in [0.29, 0.717) is 17.5 Å². The Balaban J connectivity index is 1.24. The average Bonchev–Trinajstić information content (AvgIpc) is 3.38. The Morgan fingerprint density at radius 2 is 2.28 bits per heavy atom. The number of hydrogen-bond donors (Lipinski definition) is 2. The van der Waals surface area contributed by atoms with Crippen LogP contribution >= 0.6 is 11.8 Å². The van der Waals surface area contributed by atoms with E-state index in [4.69, 9.17) is 14.2 Å². The number of nitrogens with one attached hydrogen (secondary N) is 2. The first-order valence-electron chi connectivity index (χ1n) is 8.10. The monoisotopic (exact) mass is 362 g/mol. The lowest BCUT2D eigenvalue weighted by Gasteiger charge is -2.05. The molecule has 8 nitrogen and oxygen atoms in total. The predicted molar refractivity (Wildman–Crippen MR) is 89.4 cm³/mol. The Kier molecular flexibility index (Phi) is 4.75. The second kappa shape index (κ2) is 7.32. The van der Waals surface area contributed by atoms with Crippen molar-refractivity contribution in [3.8, 4) is 11.5 Å². The molecule has 0 spiro atoms. The van der Waals surface area contributed by atoms with Crippen LogP contribution in [0.15, 0.2) is 23.4 Å². The first-order valence-corrected chi connectivity index (χ1v) is 9.08. The van der Waals surface area contributed by atoms with Crippen LogP contribution in [0.25, 0.3) is 0 Å². The molecule has 4 rings (SSSR count). The molecule has 1 fully saturated rings. The molecule has 0 radical (unpaired) electrons. The van der Waals surface area contributed by atoms with Crippen molar-refractivity contribution in [2.45, 2.75) is 30.6 Å². The van der Waals surface area contributed by atoms with Gasteiger partial charge in [-0.15, -0.1) is 5.10 Å². The van der Waals surface area contributed by atoms with E-state index in [2.05, 4.69) is 20.5 Å². The van der Waals surface area contributed by atoms with E-state index in [0.717, 1.165) is 36.6 Å². The fraction of sp³-hybridized carbons (Fsp3) is 0.438. The van der Waals surface area contributed by atoms with E-state index in [9.17, 15) is 4.79 Å². The van der Waals surface area contributed by atoms with Crippen LogP contribution in [0.1, 0.15) is 30.3 Å². The van der Waals surface area contributed by atoms with Gasteiger partial charge in [-0.3, -0.25) is 9.89 Å². The molecule has 1 saturated heterocycles. The van der Waals surface area contributed by atoms with Crippen molar-refractivity contribution in [3.05, 3.63) is 29.6 Å². The number of carbonyl (C=O) groups is 1. The number of fused-ring (bicyclic) bond motifs is 1. The lowest BCUT2D eigenvalue weighted by Crippen LogP contribution is -2.24. The molecule has 3 heterocycles.